The molecular formula is C7H15NO4S. The molecule has 0 saturated carbocycles. The quantitative estimate of drug-likeness (QED) is 0.358. The molecule has 1 fully saturated rings. The second-order valence-electron chi connectivity index (χ2n) is 2.98. The molecule has 0 bridgehead atoms. The number of nitrogens with one attached hydrogen (secondary N) is 1. The van der Waals surface area contributed by atoms with Crippen LogP contribution in [0.3, 0.4) is 0 Å². The van der Waals surface area contributed by atoms with E-state index in [1.165, 1.54) is 11.8 Å². The Morgan fingerprint density at radius 2 is 2.08 bits per heavy atom. The zero-order valence-electron chi connectivity index (χ0n) is 7.13. The summed E-state index contributed by atoms with van der Waals surface area (Å²) in [7, 11) is 0. The van der Waals surface area contributed by atoms with E-state index in [2.05, 4.69) is 5.32 Å². The lowest BCUT2D eigenvalue weighted by molar-refractivity contribution is -0.0777. The van der Waals surface area contributed by atoms with Gasteiger partial charge in [0.1, 0.15) is 18.3 Å². The molecule has 0 aromatic heterocycles. The van der Waals surface area contributed by atoms with Crippen LogP contribution in [-0.2, 0) is 0 Å². The SMILES string of the molecule is OC[C@@H](O)[C@@H](O)[C@H](O)C1NCCS1. The zero-order valence-corrected chi connectivity index (χ0v) is 7.94. The first-order chi connectivity index (χ1) is 6.16. The minimum atomic E-state index is -1.30. The van der Waals surface area contributed by atoms with Gasteiger partial charge < -0.3 is 25.7 Å². The third-order valence-corrected chi connectivity index (χ3v) is 3.23. The first kappa shape index (κ1) is 11.2. The van der Waals surface area contributed by atoms with Crippen LogP contribution in [0.4, 0.5) is 0 Å². The van der Waals surface area contributed by atoms with Crippen molar-refractivity contribution in [3.63, 3.8) is 0 Å². The number of aliphatic hydroxyl groups excluding tert-OH is 4. The van der Waals surface area contributed by atoms with Gasteiger partial charge in [0.15, 0.2) is 0 Å². The Balaban J connectivity index is 2.40. The van der Waals surface area contributed by atoms with Gasteiger partial charge in [0.05, 0.1) is 12.0 Å². The van der Waals surface area contributed by atoms with Crippen molar-refractivity contribution in [3.8, 4) is 0 Å². The Morgan fingerprint density at radius 3 is 2.54 bits per heavy atom. The van der Waals surface area contributed by atoms with Gasteiger partial charge in [-0.3, -0.25) is 0 Å². The van der Waals surface area contributed by atoms with Gasteiger partial charge in [-0.05, 0) is 0 Å². The maximum Gasteiger partial charge on any atom is 0.110 e. The van der Waals surface area contributed by atoms with Crippen molar-refractivity contribution in [1.82, 2.24) is 5.32 Å². The van der Waals surface area contributed by atoms with Gasteiger partial charge in [-0.2, -0.15) is 0 Å². The molecule has 13 heavy (non-hydrogen) atoms. The molecule has 1 aliphatic rings. The van der Waals surface area contributed by atoms with Gasteiger partial charge in [0.2, 0.25) is 0 Å². The van der Waals surface area contributed by atoms with E-state index in [1.807, 2.05) is 0 Å². The van der Waals surface area contributed by atoms with Crippen LogP contribution in [0.15, 0.2) is 0 Å². The summed E-state index contributed by atoms with van der Waals surface area (Å²) in [5, 5.41) is 39.2. The fraction of sp³-hybridized carbons (Fsp3) is 1.00. The van der Waals surface area contributed by atoms with E-state index in [9.17, 15) is 10.2 Å². The Kier molecular flexibility index (Phi) is 4.43. The van der Waals surface area contributed by atoms with Crippen molar-refractivity contribution in [3.05, 3.63) is 0 Å². The molecule has 0 aromatic carbocycles. The van der Waals surface area contributed by atoms with Crippen molar-refractivity contribution < 1.29 is 20.4 Å². The summed E-state index contributed by atoms with van der Waals surface area (Å²) >= 11 is 1.49. The molecule has 1 heterocycles. The Bertz CT molecular complexity index is 153. The van der Waals surface area contributed by atoms with Crippen LogP contribution in [0.5, 0.6) is 0 Å². The molecule has 5 nitrogen and oxygen atoms in total. The molecule has 0 amide bonds. The summed E-state index contributed by atoms with van der Waals surface area (Å²) in [6.07, 6.45) is -3.62. The topological polar surface area (TPSA) is 93.0 Å². The smallest absolute Gasteiger partial charge is 0.110 e. The minimum absolute atomic E-state index is 0.254. The molecule has 1 unspecified atom stereocenters. The molecule has 78 valence electrons. The normalized spacial score (nSPS) is 30.0. The lowest BCUT2D eigenvalue weighted by Gasteiger charge is -2.25. The number of thioether (sulfide) groups is 1. The van der Waals surface area contributed by atoms with E-state index >= 15 is 0 Å². The summed E-state index contributed by atoms with van der Waals surface area (Å²) in [5.41, 5.74) is 0. The van der Waals surface area contributed by atoms with Gasteiger partial charge in [-0.25, -0.2) is 0 Å². The molecule has 0 aliphatic carbocycles. The highest BCUT2D eigenvalue weighted by Crippen LogP contribution is 2.20. The molecule has 0 radical (unpaired) electrons. The minimum Gasteiger partial charge on any atom is -0.394 e. The number of aliphatic hydroxyl groups is 4. The third kappa shape index (κ3) is 2.80. The highest BCUT2D eigenvalue weighted by Gasteiger charge is 2.32. The number of hydrogen-bond acceptors (Lipinski definition) is 6. The lowest BCUT2D eigenvalue weighted by Crippen LogP contribution is -2.47. The maximum absolute atomic E-state index is 9.51. The van der Waals surface area contributed by atoms with Crippen molar-refractivity contribution in [1.29, 1.82) is 0 Å². The summed E-state index contributed by atoms with van der Waals surface area (Å²) in [5.74, 6) is 0.879. The highest BCUT2D eigenvalue weighted by molar-refractivity contribution is 8.00. The third-order valence-electron chi connectivity index (χ3n) is 1.99. The van der Waals surface area contributed by atoms with E-state index < -0.39 is 24.9 Å². The first-order valence-corrected chi connectivity index (χ1v) is 5.21. The van der Waals surface area contributed by atoms with E-state index in [0.29, 0.717) is 0 Å². The van der Waals surface area contributed by atoms with E-state index in [-0.39, 0.29) is 5.37 Å². The van der Waals surface area contributed by atoms with Gasteiger partial charge >= 0.3 is 0 Å². The van der Waals surface area contributed by atoms with E-state index in [4.69, 9.17) is 10.2 Å². The average molecular weight is 209 g/mol. The monoisotopic (exact) mass is 209 g/mol. The van der Waals surface area contributed by atoms with Crippen LogP contribution in [0, 0.1) is 0 Å². The van der Waals surface area contributed by atoms with Crippen molar-refractivity contribution in [2.45, 2.75) is 23.7 Å². The highest BCUT2D eigenvalue weighted by atomic mass is 32.2. The van der Waals surface area contributed by atoms with Crippen LogP contribution >= 0.6 is 11.8 Å². The number of rotatable bonds is 4. The van der Waals surface area contributed by atoms with Crippen LogP contribution in [0.25, 0.3) is 0 Å². The molecule has 1 aliphatic heterocycles. The zero-order chi connectivity index (χ0) is 9.84. The molecule has 1 rings (SSSR count). The van der Waals surface area contributed by atoms with Crippen LogP contribution in [0.2, 0.25) is 0 Å². The van der Waals surface area contributed by atoms with Gasteiger partial charge in [0.25, 0.3) is 0 Å². The van der Waals surface area contributed by atoms with Crippen molar-refractivity contribution in [2.75, 3.05) is 18.9 Å². The largest absolute Gasteiger partial charge is 0.394 e. The van der Waals surface area contributed by atoms with Crippen LogP contribution < -0.4 is 5.32 Å². The maximum atomic E-state index is 9.51. The Hall–Kier alpha value is 0.150. The lowest BCUT2D eigenvalue weighted by atomic mass is 10.1. The molecule has 5 N–H and O–H groups in total. The van der Waals surface area contributed by atoms with Crippen LogP contribution in [0.1, 0.15) is 0 Å². The Morgan fingerprint density at radius 1 is 1.38 bits per heavy atom. The summed E-state index contributed by atoms with van der Waals surface area (Å²) in [6, 6.07) is 0. The standard InChI is InChI=1S/C7H15NO4S/c9-3-4(10)5(11)6(12)7-8-1-2-13-7/h4-12H,1-3H2/t4-,5-,6+,7?/m1/s1. The molecular weight excluding hydrogens is 194 g/mol. The molecule has 6 heteroatoms. The summed E-state index contributed by atoms with van der Waals surface area (Å²) < 4.78 is 0. The predicted molar refractivity (Wildman–Crippen MR) is 49.4 cm³/mol. The molecule has 1 saturated heterocycles. The Labute approximate surface area is 80.8 Å². The van der Waals surface area contributed by atoms with Gasteiger partial charge in [0, 0.05) is 12.3 Å². The predicted octanol–water partition coefficient (Wildman–Crippen LogP) is -2.28. The fourth-order valence-corrected chi connectivity index (χ4v) is 2.26. The second-order valence-corrected chi connectivity index (χ2v) is 4.23. The summed E-state index contributed by atoms with van der Waals surface area (Å²) in [4.78, 5) is 0. The van der Waals surface area contributed by atoms with Crippen molar-refractivity contribution >= 4 is 11.8 Å². The number of hydrogen-bond donors (Lipinski definition) is 5. The van der Waals surface area contributed by atoms with Gasteiger partial charge in [-0.1, -0.05) is 0 Å². The molecule has 0 spiro atoms. The van der Waals surface area contributed by atoms with E-state index in [1.54, 1.807) is 0 Å². The second kappa shape index (κ2) is 5.14. The molecule has 4 atom stereocenters. The average Bonchev–Trinajstić information content (AvgIpc) is 2.67. The van der Waals surface area contributed by atoms with Crippen molar-refractivity contribution in [2.24, 2.45) is 0 Å². The first-order valence-electron chi connectivity index (χ1n) is 4.17. The summed E-state index contributed by atoms with van der Waals surface area (Å²) in [6.45, 7) is 0.240. The molecule has 0 aromatic rings. The van der Waals surface area contributed by atoms with E-state index in [0.717, 1.165) is 12.3 Å². The fourth-order valence-electron chi connectivity index (χ4n) is 1.18. The van der Waals surface area contributed by atoms with Crippen LogP contribution in [-0.4, -0.2) is 63.0 Å². The van der Waals surface area contributed by atoms with Gasteiger partial charge in [-0.15, -0.1) is 11.8 Å².